The summed E-state index contributed by atoms with van der Waals surface area (Å²) in [6, 6.07) is 14.8. The SMILES string of the molecule is CC1C[C@@H]([C@@H]2OC(C)(C)OC2=O)C(=O)N2C(C)CN(c3ccc(-c4ccc(F)cc4)cc3)CC12. The molecule has 1 amide bonds. The number of carbonyl (C=O) groups excluding carboxylic acids is 2. The second-order valence-electron chi connectivity index (χ2n) is 10.3. The van der Waals surface area contributed by atoms with Crippen molar-refractivity contribution < 1.29 is 23.5 Å². The summed E-state index contributed by atoms with van der Waals surface area (Å²) in [5.41, 5.74) is 3.11. The van der Waals surface area contributed by atoms with Crippen LogP contribution in [-0.2, 0) is 19.1 Å². The molecule has 6 nitrogen and oxygen atoms in total. The molecule has 3 aliphatic heterocycles. The summed E-state index contributed by atoms with van der Waals surface area (Å²) in [6.45, 7) is 9.06. The molecule has 0 bridgehead atoms. The number of piperidine rings is 1. The Kier molecular flexibility index (Phi) is 5.63. The van der Waals surface area contributed by atoms with Crippen molar-refractivity contribution in [3.05, 3.63) is 54.3 Å². The Hall–Kier alpha value is -2.93. The highest BCUT2D eigenvalue weighted by atomic mass is 19.1. The van der Waals surface area contributed by atoms with Gasteiger partial charge in [-0.2, -0.15) is 0 Å². The van der Waals surface area contributed by atoms with Crippen molar-refractivity contribution in [2.75, 3.05) is 18.0 Å². The number of hydrogen-bond donors (Lipinski definition) is 0. The van der Waals surface area contributed by atoms with Crippen molar-refractivity contribution in [1.82, 2.24) is 4.90 Å². The molecule has 3 aliphatic rings. The van der Waals surface area contributed by atoms with Crippen molar-refractivity contribution in [3.63, 3.8) is 0 Å². The molecule has 0 spiro atoms. The highest BCUT2D eigenvalue weighted by Crippen LogP contribution is 2.40. The maximum Gasteiger partial charge on any atom is 0.338 e. The highest BCUT2D eigenvalue weighted by Gasteiger charge is 2.54. The molecule has 0 radical (unpaired) electrons. The molecule has 0 aromatic heterocycles. The summed E-state index contributed by atoms with van der Waals surface area (Å²) >= 11 is 0. The zero-order valence-corrected chi connectivity index (χ0v) is 20.0. The van der Waals surface area contributed by atoms with Gasteiger partial charge in [-0.3, -0.25) is 4.79 Å². The highest BCUT2D eigenvalue weighted by molar-refractivity contribution is 5.89. The molecule has 0 N–H and O–H groups in total. The van der Waals surface area contributed by atoms with Crippen LogP contribution in [0.1, 0.15) is 34.1 Å². The summed E-state index contributed by atoms with van der Waals surface area (Å²) in [4.78, 5) is 30.2. The number of hydrogen-bond acceptors (Lipinski definition) is 5. The summed E-state index contributed by atoms with van der Waals surface area (Å²) in [5, 5.41) is 0. The average Bonchev–Trinajstić information content (AvgIpc) is 3.08. The molecule has 5 atom stereocenters. The largest absolute Gasteiger partial charge is 0.432 e. The van der Waals surface area contributed by atoms with E-state index in [-0.39, 0.29) is 29.7 Å². The number of rotatable bonds is 3. The quantitative estimate of drug-likeness (QED) is 0.634. The number of nitrogens with zero attached hydrogens (tertiary/aromatic N) is 2. The van der Waals surface area contributed by atoms with Gasteiger partial charge in [-0.05, 0) is 54.7 Å². The van der Waals surface area contributed by atoms with Gasteiger partial charge < -0.3 is 19.3 Å². The van der Waals surface area contributed by atoms with Gasteiger partial charge in [-0.15, -0.1) is 0 Å². The maximum atomic E-state index is 13.5. The van der Waals surface area contributed by atoms with Gasteiger partial charge in [-0.1, -0.05) is 31.2 Å². The molecule has 5 rings (SSSR count). The number of esters is 1. The lowest BCUT2D eigenvalue weighted by Crippen LogP contribution is -2.66. The van der Waals surface area contributed by atoms with Gasteiger partial charge in [0.05, 0.1) is 12.0 Å². The summed E-state index contributed by atoms with van der Waals surface area (Å²) < 4.78 is 24.4. The van der Waals surface area contributed by atoms with E-state index in [4.69, 9.17) is 9.47 Å². The number of ether oxygens (including phenoxy) is 2. The van der Waals surface area contributed by atoms with E-state index in [0.717, 1.165) is 23.4 Å². The van der Waals surface area contributed by atoms with Crippen LogP contribution in [0.2, 0.25) is 0 Å². The Morgan fingerprint density at radius 1 is 0.941 bits per heavy atom. The fourth-order valence-electron chi connectivity index (χ4n) is 5.70. The molecule has 2 aromatic carbocycles. The second-order valence-corrected chi connectivity index (χ2v) is 10.3. The van der Waals surface area contributed by atoms with Crippen LogP contribution in [0.4, 0.5) is 10.1 Å². The van der Waals surface area contributed by atoms with E-state index < -0.39 is 23.8 Å². The predicted octanol–water partition coefficient (Wildman–Crippen LogP) is 4.23. The monoisotopic (exact) mass is 466 g/mol. The Labute approximate surface area is 199 Å². The molecule has 7 heteroatoms. The number of cyclic esters (lactones) is 1. The van der Waals surface area contributed by atoms with Crippen molar-refractivity contribution in [2.24, 2.45) is 11.8 Å². The molecule has 0 aliphatic carbocycles. The van der Waals surface area contributed by atoms with Gasteiger partial charge in [0.25, 0.3) is 0 Å². The van der Waals surface area contributed by atoms with Crippen LogP contribution in [0, 0.1) is 17.7 Å². The lowest BCUT2D eigenvalue weighted by molar-refractivity contribution is -0.167. The van der Waals surface area contributed by atoms with E-state index >= 15 is 0 Å². The van der Waals surface area contributed by atoms with Crippen molar-refractivity contribution in [1.29, 1.82) is 0 Å². The number of carbonyl (C=O) groups is 2. The van der Waals surface area contributed by atoms with Crippen LogP contribution in [0.25, 0.3) is 11.1 Å². The van der Waals surface area contributed by atoms with E-state index in [9.17, 15) is 14.0 Å². The number of fused-ring (bicyclic) bond motifs is 1. The van der Waals surface area contributed by atoms with Crippen LogP contribution < -0.4 is 4.90 Å². The minimum absolute atomic E-state index is 0.00120. The van der Waals surface area contributed by atoms with Gasteiger partial charge in [0.15, 0.2) is 6.10 Å². The minimum Gasteiger partial charge on any atom is -0.432 e. The zero-order chi connectivity index (χ0) is 24.2. The van der Waals surface area contributed by atoms with Crippen LogP contribution in [0.3, 0.4) is 0 Å². The molecule has 0 saturated carbocycles. The first-order valence-electron chi connectivity index (χ1n) is 12.0. The van der Waals surface area contributed by atoms with Crippen molar-refractivity contribution in [2.45, 2.75) is 58.1 Å². The Morgan fingerprint density at radius 2 is 1.56 bits per heavy atom. The van der Waals surface area contributed by atoms with Crippen LogP contribution in [0.15, 0.2) is 48.5 Å². The van der Waals surface area contributed by atoms with Crippen LogP contribution in [0.5, 0.6) is 0 Å². The molecule has 180 valence electrons. The number of piperazine rings is 1. The van der Waals surface area contributed by atoms with Gasteiger partial charge in [0.1, 0.15) is 5.82 Å². The number of benzene rings is 2. The number of anilines is 1. The van der Waals surface area contributed by atoms with E-state index in [1.54, 1.807) is 26.0 Å². The van der Waals surface area contributed by atoms with Gasteiger partial charge in [-0.25, -0.2) is 9.18 Å². The van der Waals surface area contributed by atoms with E-state index in [1.807, 2.05) is 4.90 Å². The van der Waals surface area contributed by atoms with Crippen molar-refractivity contribution >= 4 is 17.6 Å². The minimum atomic E-state index is -0.994. The zero-order valence-electron chi connectivity index (χ0n) is 20.0. The molecule has 3 saturated heterocycles. The summed E-state index contributed by atoms with van der Waals surface area (Å²) in [7, 11) is 0. The maximum absolute atomic E-state index is 13.5. The fourth-order valence-corrected chi connectivity index (χ4v) is 5.70. The molecule has 3 unspecified atom stereocenters. The third kappa shape index (κ3) is 4.06. The Balaban J connectivity index is 1.32. The smallest absolute Gasteiger partial charge is 0.338 e. The topological polar surface area (TPSA) is 59.1 Å². The van der Waals surface area contributed by atoms with Crippen LogP contribution in [-0.4, -0.2) is 53.8 Å². The Morgan fingerprint density at radius 3 is 2.15 bits per heavy atom. The summed E-state index contributed by atoms with van der Waals surface area (Å²) in [6.07, 6.45) is -0.241. The van der Waals surface area contributed by atoms with E-state index in [2.05, 4.69) is 43.0 Å². The third-order valence-corrected chi connectivity index (χ3v) is 7.34. The molecule has 3 heterocycles. The third-order valence-electron chi connectivity index (χ3n) is 7.34. The van der Waals surface area contributed by atoms with Gasteiger partial charge in [0.2, 0.25) is 11.7 Å². The first-order valence-corrected chi connectivity index (χ1v) is 12.0. The standard InChI is InChI=1S/C27H31FN2O4/c1-16-13-22(24-26(32)34-27(3,4)33-24)25(31)30-17(2)14-29(15-23(16)30)21-11-7-19(8-12-21)18-5-9-20(28)10-6-18/h5-12,16-17,22-24H,13-15H2,1-4H3/t16?,17?,22-,23?,24-/m0/s1. The first-order chi connectivity index (χ1) is 16.1. The van der Waals surface area contributed by atoms with Crippen LogP contribution >= 0.6 is 0 Å². The van der Waals surface area contributed by atoms with Crippen molar-refractivity contribution in [3.8, 4) is 11.1 Å². The van der Waals surface area contributed by atoms with Gasteiger partial charge in [0, 0.05) is 38.7 Å². The summed E-state index contributed by atoms with van der Waals surface area (Å²) in [5.74, 6) is -1.99. The fraction of sp³-hybridized carbons (Fsp3) is 0.481. The van der Waals surface area contributed by atoms with Gasteiger partial charge >= 0.3 is 5.97 Å². The normalized spacial score (nSPS) is 30.8. The molecule has 2 aromatic rings. The number of amides is 1. The number of halogens is 1. The molecule has 3 fully saturated rings. The molecule has 34 heavy (non-hydrogen) atoms. The Bertz CT molecular complexity index is 1080. The molecular formula is C27H31FN2O4. The first kappa shape index (κ1) is 22.8. The lowest BCUT2D eigenvalue weighted by atomic mass is 9.78. The second kappa shape index (κ2) is 8.38. The van der Waals surface area contributed by atoms with E-state index in [0.29, 0.717) is 13.0 Å². The average molecular weight is 467 g/mol. The molecular weight excluding hydrogens is 435 g/mol. The predicted molar refractivity (Wildman–Crippen MR) is 126 cm³/mol. The van der Waals surface area contributed by atoms with E-state index in [1.165, 1.54) is 12.1 Å². The lowest BCUT2D eigenvalue weighted by Gasteiger charge is -2.53.